The second-order valence-corrected chi connectivity index (χ2v) is 17.6. The Bertz CT molecular complexity index is 4290. The first kappa shape index (κ1) is 38.8. The predicted octanol–water partition coefficient (Wildman–Crippen LogP) is 16.8. The number of benzene rings is 10. The van der Waals surface area contributed by atoms with Crippen LogP contribution in [0.5, 0.6) is 0 Å². The molecule has 4 heterocycles. The van der Waals surface area contributed by atoms with E-state index in [-0.39, 0.29) is 0 Å². The standard InChI is InChI=1S/C63H38N4O2/c1-4-13-39(14-5-1)41-23-25-43(26-24-41)62-64-61(42-17-8-3-9-18-42)65-63(66-62)50-21-12-20-49-52-36-45(29-33-59(52)69-60(49)50)46-28-32-57-53(37-46)54-38-47(30-34-58(54)68-57)67-55-22-11-10-19-48(55)51-35-44(27-31-56(51)67)40-15-6-2-7-16-40/h1-38H. The highest BCUT2D eigenvalue weighted by molar-refractivity contribution is 6.13. The molecule has 0 saturated carbocycles. The molecule has 69 heavy (non-hydrogen) atoms. The van der Waals surface area contributed by atoms with Crippen LogP contribution in [-0.2, 0) is 0 Å². The van der Waals surface area contributed by atoms with Crippen LogP contribution in [0.1, 0.15) is 0 Å². The Balaban J connectivity index is 0.857. The molecule has 0 fully saturated rings. The molecule has 0 saturated heterocycles. The van der Waals surface area contributed by atoms with Gasteiger partial charge >= 0.3 is 0 Å². The first-order chi connectivity index (χ1) is 34.2. The Morgan fingerprint density at radius 1 is 0.275 bits per heavy atom. The van der Waals surface area contributed by atoms with Gasteiger partial charge in [0.1, 0.15) is 22.3 Å². The van der Waals surface area contributed by atoms with Gasteiger partial charge in [-0.2, -0.15) is 0 Å². The summed E-state index contributed by atoms with van der Waals surface area (Å²) in [6, 6.07) is 80.5. The largest absolute Gasteiger partial charge is 0.456 e. The Labute approximate surface area is 396 Å². The third-order valence-corrected chi connectivity index (χ3v) is 13.5. The van der Waals surface area contributed by atoms with E-state index in [4.69, 9.17) is 23.8 Å². The molecular weight excluding hydrogens is 845 g/mol. The number of furan rings is 2. The normalized spacial score (nSPS) is 11.8. The van der Waals surface area contributed by atoms with Crippen LogP contribution in [0.25, 0.3) is 139 Å². The van der Waals surface area contributed by atoms with Crippen LogP contribution in [-0.4, -0.2) is 19.5 Å². The van der Waals surface area contributed by atoms with Crippen molar-refractivity contribution in [2.24, 2.45) is 0 Å². The molecule has 10 aromatic carbocycles. The molecule has 0 radical (unpaired) electrons. The summed E-state index contributed by atoms with van der Waals surface area (Å²) in [5, 5.41) is 6.57. The van der Waals surface area contributed by atoms with Crippen LogP contribution in [0, 0.1) is 0 Å². The van der Waals surface area contributed by atoms with Gasteiger partial charge in [0, 0.05) is 49.1 Å². The maximum Gasteiger partial charge on any atom is 0.167 e. The van der Waals surface area contributed by atoms with Gasteiger partial charge in [-0.05, 0) is 100 Å². The summed E-state index contributed by atoms with van der Waals surface area (Å²) in [6.07, 6.45) is 0. The molecule has 322 valence electrons. The molecule has 4 aromatic heterocycles. The summed E-state index contributed by atoms with van der Waals surface area (Å²) in [6.45, 7) is 0. The van der Waals surface area contributed by atoms with Crippen LogP contribution in [0.15, 0.2) is 239 Å². The maximum atomic E-state index is 6.72. The second kappa shape index (κ2) is 15.6. The third-order valence-electron chi connectivity index (χ3n) is 13.5. The number of hydrogen-bond donors (Lipinski definition) is 0. The van der Waals surface area contributed by atoms with Gasteiger partial charge in [0.15, 0.2) is 17.5 Å². The van der Waals surface area contributed by atoms with Crippen molar-refractivity contribution >= 4 is 65.7 Å². The van der Waals surface area contributed by atoms with Gasteiger partial charge in [0.25, 0.3) is 0 Å². The maximum absolute atomic E-state index is 6.72. The molecule has 6 heteroatoms. The summed E-state index contributed by atoms with van der Waals surface area (Å²) in [5.74, 6) is 1.74. The van der Waals surface area contributed by atoms with Crippen molar-refractivity contribution in [3.8, 4) is 73.2 Å². The van der Waals surface area contributed by atoms with Crippen LogP contribution >= 0.6 is 0 Å². The van der Waals surface area contributed by atoms with Crippen molar-refractivity contribution in [2.45, 2.75) is 0 Å². The molecule has 0 unspecified atom stereocenters. The predicted molar refractivity (Wildman–Crippen MR) is 281 cm³/mol. The zero-order chi connectivity index (χ0) is 45.4. The van der Waals surface area contributed by atoms with E-state index >= 15 is 0 Å². The first-order valence-electron chi connectivity index (χ1n) is 23.2. The fourth-order valence-electron chi connectivity index (χ4n) is 10.1. The lowest BCUT2D eigenvalue weighted by Gasteiger charge is -2.09. The van der Waals surface area contributed by atoms with E-state index in [0.29, 0.717) is 17.5 Å². The molecule has 0 amide bonds. The van der Waals surface area contributed by atoms with E-state index in [0.717, 1.165) is 99.5 Å². The van der Waals surface area contributed by atoms with Crippen LogP contribution in [0.2, 0.25) is 0 Å². The molecule has 0 atom stereocenters. The first-order valence-corrected chi connectivity index (χ1v) is 23.2. The molecule has 0 aliphatic carbocycles. The van der Waals surface area contributed by atoms with E-state index in [9.17, 15) is 0 Å². The average molecular weight is 883 g/mol. The highest BCUT2D eigenvalue weighted by Gasteiger charge is 2.20. The van der Waals surface area contributed by atoms with Gasteiger partial charge in [-0.25, -0.2) is 15.0 Å². The molecule has 0 aliphatic rings. The molecule has 14 rings (SSSR count). The second-order valence-electron chi connectivity index (χ2n) is 17.6. The molecule has 14 aromatic rings. The molecule has 0 aliphatic heterocycles. The lowest BCUT2D eigenvalue weighted by Crippen LogP contribution is -2.00. The quantitative estimate of drug-likeness (QED) is 0.159. The zero-order valence-corrected chi connectivity index (χ0v) is 37.0. The van der Waals surface area contributed by atoms with Crippen molar-refractivity contribution in [3.63, 3.8) is 0 Å². The minimum atomic E-state index is 0.547. The smallest absolute Gasteiger partial charge is 0.167 e. The van der Waals surface area contributed by atoms with Crippen molar-refractivity contribution in [3.05, 3.63) is 231 Å². The SMILES string of the molecule is c1ccc(-c2ccc(-c3nc(-c4ccccc4)nc(-c4cccc5c4oc4ccc(-c6ccc7oc8ccc(-n9c%10ccccc%10c%10cc(-c%11ccccc%11)ccc%109)cc8c7c6)cc45)n3)cc2)cc1. The molecular formula is C63H38N4O2. The van der Waals surface area contributed by atoms with Crippen molar-refractivity contribution in [1.82, 2.24) is 19.5 Å². The Morgan fingerprint density at radius 3 is 1.43 bits per heavy atom. The monoisotopic (exact) mass is 882 g/mol. The number of fused-ring (bicyclic) bond motifs is 9. The van der Waals surface area contributed by atoms with Gasteiger partial charge < -0.3 is 13.4 Å². The summed E-state index contributed by atoms with van der Waals surface area (Å²) in [4.78, 5) is 15.2. The third kappa shape index (κ3) is 6.53. The van der Waals surface area contributed by atoms with E-state index in [1.807, 2.05) is 42.5 Å². The average Bonchev–Trinajstić information content (AvgIpc) is 4.10. The van der Waals surface area contributed by atoms with Gasteiger partial charge in [0.2, 0.25) is 0 Å². The van der Waals surface area contributed by atoms with Gasteiger partial charge in [0.05, 0.1) is 16.6 Å². The fraction of sp³-hybridized carbons (Fsp3) is 0. The van der Waals surface area contributed by atoms with Gasteiger partial charge in [-0.1, -0.05) is 164 Å². The van der Waals surface area contributed by atoms with Crippen LogP contribution in [0.3, 0.4) is 0 Å². The molecule has 6 nitrogen and oxygen atoms in total. The number of rotatable bonds is 7. The van der Waals surface area contributed by atoms with E-state index in [1.165, 1.54) is 21.9 Å². The molecule has 0 spiro atoms. The van der Waals surface area contributed by atoms with Crippen LogP contribution in [0.4, 0.5) is 0 Å². The molecule has 0 bridgehead atoms. The zero-order valence-electron chi connectivity index (χ0n) is 37.0. The summed E-state index contributed by atoms with van der Waals surface area (Å²) in [5.41, 5.74) is 16.1. The Morgan fingerprint density at radius 2 is 0.725 bits per heavy atom. The van der Waals surface area contributed by atoms with E-state index in [2.05, 4.69) is 193 Å². The minimum Gasteiger partial charge on any atom is -0.456 e. The highest BCUT2D eigenvalue weighted by Crippen LogP contribution is 2.41. The molecule has 0 N–H and O–H groups in total. The van der Waals surface area contributed by atoms with Crippen molar-refractivity contribution in [2.75, 3.05) is 0 Å². The van der Waals surface area contributed by atoms with Crippen molar-refractivity contribution < 1.29 is 8.83 Å². The van der Waals surface area contributed by atoms with E-state index in [1.54, 1.807) is 0 Å². The van der Waals surface area contributed by atoms with Crippen LogP contribution < -0.4 is 0 Å². The summed E-state index contributed by atoms with van der Waals surface area (Å²) in [7, 11) is 0. The van der Waals surface area contributed by atoms with Gasteiger partial charge in [-0.3, -0.25) is 0 Å². The van der Waals surface area contributed by atoms with E-state index < -0.39 is 0 Å². The minimum absolute atomic E-state index is 0.547. The topological polar surface area (TPSA) is 69.9 Å². The summed E-state index contributed by atoms with van der Waals surface area (Å²) >= 11 is 0. The van der Waals surface area contributed by atoms with Crippen molar-refractivity contribution in [1.29, 1.82) is 0 Å². The highest BCUT2D eigenvalue weighted by atomic mass is 16.3. The van der Waals surface area contributed by atoms with Gasteiger partial charge in [-0.15, -0.1) is 0 Å². The number of aromatic nitrogens is 4. The Hall–Kier alpha value is -9.39. The number of para-hydroxylation sites is 2. The fourth-order valence-corrected chi connectivity index (χ4v) is 10.1. The number of hydrogen-bond acceptors (Lipinski definition) is 5. The Kier molecular flexibility index (Phi) is 8.79. The summed E-state index contributed by atoms with van der Waals surface area (Å²) < 4.78 is 15.6. The number of nitrogens with zero attached hydrogens (tertiary/aromatic N) is 4. The lowest BCUT2D eigenvalue weighted by atomic mass is 10.00. The lowest BCUT2D eigenvalue weighted by molar-refractivity contribution is 0.668.